The van der Waals surface area contributed by atoms with Crippen LogP contribution in [0.4, 0.5) is 0 Å². The molecule has 0 radical (unpaired) electrons. The summed E-state index contributed by atoms with van der Waals surface area (Å²) in [6.45, 7) is 6.12. The fraction of sp³-hybridized carbons (Fsp3) is 0.833. The zero-order chi connectivity index (χ0) is 22.8. The van der Waals surface area contributed by atoms with E-state index >= 15 is 0 Å². The molecule has 0 aromatic carbocycles. The molecule has 1 aliphatic rings. The first-order valence-electron chi connectivity index (χ1n) is 12.3. The quantitative estimate of drug-likeness (QED) is 0.0816. The summed E-state index contributed by atoms with van der Waals surface area (Å²) in [6.07, 6.45) is 25.0. The maximum Gasteiger partial charge on any atom is 1.00 e. The molecular formula is C24H44KO6P. The van der Waals surface area contributed by atoms with Crippen LogP contribution < -0.4 is 56.3 Å². The van der Waals surface area contributed by atoms with E-state index in [-0.39, 0.29) is 63.9 Å². The maximum atomic E-state index is 11.8. The molecule has 1 aliphatic carbocycles. The van der Waals surface area contributed by atoms with Gasteiger partial charge in [-0.1, -0.05) is 116 Å². The molecule has 0 fully saturated rings. The number of hydrogen-bond donors (Lipinski definition) is 0. The van der Waals surface area contributed by atoms with Gasteiger partial charge in [0.2, 0.25) is 0 Å². The molecule has 0 amide bonds. The van der Waals surface area contributed by atoms with Crippen LogP contribution in [-0.4, -0.2) is 12.2 Å². The van der Waals surface area contributed by atoms with Crippen LogP contribution in [0.2, 0.25) is 0 Å². The van der Waals surface area contributed by atoms with Gasteiger partial charge in [-0.15, -0.1) is 0 Å². The average molecular weight is 499 g/mol. The first kappa shape index (κ1) is 33.1. The molecule has 32 heavy (non-hydrogen) atoms. The molecular weight excluding hydrogens is 454 g/mol. The summed E-state index contributed by atoms with van der Waals surface area (Å²) in [4.78, 5) is 21.7. The number of phosphoric acid groups is 1. The first-order valence-corrected chi connectivity index (χ1v) is 13.7. The molecule has 3 unspecified atom stereocenters. The van der Waals surface area contributed by atoms with Gasteiger partial charge >= 0.3 is 59.2 Å². The normalized spacial score (nSPS) is 21.9. The average Bonchev–Trinajstić information content (AvgIpc) is 2.74. The standard InChI is InChI=1S/C24H45O6P.K/c1-4-5-6-7-8-9-10-11-12-13-14-15-16-19-22-27-29-31(25,26)30-28-24(3)21-18-17-20-23(24)2;/h17-18,20-21,23H,4-16,19,22H2,1-3H3,(H,25,26);/q;+1/p-1. The van der Waals surface area contributed by atoms with E-state index < -0.39 is 13.4 Å². The molecule has 0 saturated carbocycles. The van der Waals surface area contributed by atoms with Gasteiger partial charge in [0.05, 0.1) is 6.61 Å². The monoisotopic (exact) mass is 498 g/mol. The molecule has 8 heteroatoms. The molecule has 0 aromatic heterocycles. The Bertz CT molecular complexity index is 557. The minimum atomic E-state index is -4.67. The van der Waals surface area contributed by atoms with E-state index in [2.05, 4.69) is 16.3 Å². The van der Waals surface area contributed by atoms with Crippen molar-refractivity contribution in [3.63, 3.8) is 0 Å². The van der Waals surface area contributed by atoms with Crippen LogP contribution in [-0.2, 0) is 23.7 Å². The van der Waals surface area contributed by atoms with Gasteiger partial charge in [-0.05, 0) is 19.4 Å². The number of hydrogen-bond acceptors (Lipinski definition) is 6. The van der Waals surface area contributed by atoms with Crippen molar-refractivity contribution < 1.29 is 80.0 Å². The topological polar surface area (TPSA) is 77.1 Å². The Hall–Kier alpha value is 1.15. The first-order chi connectivity index (χ1) is 14.9. The molecule has 1 rings (SSSR count). The van der Waals surface area contributed by atoms with Crippen molar-refractivity contribution in [3.8, 4) is 0 Å². The van der Waals surface area contributed by atoms with E-state index in [0.717, 1.165) is 19.3 Å². The summed E-state index contributed by atoms with van der Waals surface area (Å²) in [5.41, 5.74) is -0.868. The predicted octanol–water partition coefficient (Wildman–Crippen LogP) is 4.36. The van der Waals surface area contributed by atoms with Gasteiger partial charge in [-0.25, -0.2) is 9.78 Å². The predicted molar refractivity (Wildman–Crippen MR) is 123 cm³/mol. The van der Waals surface area contributed by atoms with Gasteiger partial charge in [-0.2, -0.15) is 9.35 Å². The second kappa shape index (κ2) is 20.3. The van der Waals surface area contributed by atoms with Gasteiger partial charge in [0.15, 0.2) is 0 Å². The third kappa shape index (κ3) is 16.7. The Morgan fingerprint density at radius 1 is 0.844 bits per heavy atom. The van der Waals surface area contributed by atoms with E-state index in [4.69, 9.17) is 9.78 Å². The van der Waals surface area contributed by atoms with Gasteiger partial charge < -0.3 is 4.89 Å². The van der Waals surface area contributed by atoms with Crippen LogP contribution in [0.5, 0.6) is 0 Å². The van der Waals surface area contributed by atoms with Gasteiger partial charge in [0, 0.05) is 5.92 Å². The van der Waals surface area contributed by atoms with E-state index in [1.54, 1.807) is 19.1 Å². The fourth-order valence-electron chi connectivity index (χ4n) is 3.52. The molecule has 3 atom stereocenters. The Balaban J connectivity index is 0.00000961. The van der Waals surface area contributed by atoms with Crippen LogP contribution in [0.1, 0.15) is 111 Å². The SMILES string of the molecule is CCCCCCCCCCCCCCCCOOP(=O)([O-])OOC1(C)C=CC=CC1C.[K+]. The zero-order valence-corrected chi connectivity index (χ0v) is 24.9. The number of rotatable bonds is 20. The molecule has 6 nitrogen and oxygen atoms in total. The smallest absolute Gasteiger partial charge is 0.753 e. The summed E-state index contributed by atoms with van der Waals surface area (Å²) < 4.78 is 20.7. The van der Waals surface area contributed by atoms with E-state index in [1.807, 2.05) is 19.1 Å². The van der Waals surface area contributed by atoms with Crippen LogP contribution >= 0.6 is 7.82 Å². The third-order valence-corrected chi connectivity index (χ3v) is 6.42. The summed E-state index contributed by atoms with van der Waals surface area (Å²) in [7, 11) is -4.67. The molecule has 0 saturated heterocycles. The Morgan fingerprint density at radius 2 is 1.34 bits per heavy atom. The van der Waals surface area contributed by atoms with Crippen LogP contribution in [0.25, 0.3) is 0 Å². The molecule has 0 spiro atoms. The van der Waals surface area contributed by atoms with E-state index in [9.17, 15) is 9.46 Å². The van der Waals surface area contributed by atoms with Gasteiger partial charge in [0.1, 0.15) is 5.60 Å². The largest absolute Gasteiger partial charge is 1.00 e. The van der Waals surface area contributed by atoms with E-state index in [1.165, 1.54) is 70.6 Å². The fourth-order valence-corrected chi connectivity index (χ4v) is 4.00. The van der Waals surface area contributed by atoms with Crippen molar-refractivity contribution in [2.45, 2.75) is 116 Å². The maximum absolute atomic E-state index is 11.8. The molecule has 0 heterocycles. The van der Waals surface area contributed by atoms with Crippen molar-refractivity contribution in [1.29, 1.82) is 0 Å². The van der Waals surface area contributed by atoms with Crippen LogP contribution in [0.15, 0.2) is 24.3 Å². The Kier molecular flexibility index (Phi) is 21.1. The summed E-state index contributed by atoms with van der Waals surface area (Å²) >= 11 is 0. The number of unbranched alkanes of at least 4 members (excludes halogenated alkanes) is 13. The second-order valence-corrected chi connectivity index (χ2v) is 10.0. The summed E-state index contributed by atoms with van der Waals surface area (Å²) in [5.74, 6) is -0.0334. The molecule has 0 aliphatic heterocycles. The zero-order valence-electron chi connectivity index (χ0n) is 20.9. The second-order valence-electron chi connectivity index (χ2n) is 8.81. The Morgan fingerprint density at radius 3 is 1.84 bits per heavy atom. The van der Waals surface area contributed by atoms with Gasteiger partial charge in [-0.3, -0.25) is 4.57 Å². The Labute approximate surface area is 238 Å². The van der Waals surface area contributed by atoms with Crippen molar-refractivity contribution in [2.24, 2.45) is 5.92 Å². The van der Waals surface area contributed by atoms with Gasteiger partial charge in [0.25, 0.3) is 0 Å². The third-order valence-electron chi connectivity index (χ3n) is 5.88. The van der Waals surface area contributed by atoms with Crippen LogP contribution in [0.3, 0.4) is 0 Å². The molecule has 0 aromatic rings. The molecule has 182 valence electrons. The van der Waals surface area contributed by atoms with Crippen molar-refractivity contribution >= 4 is 7.82 Å². The molecule has 0 N–H and O–H groups in total. The van der Waals surface area contributed by atoms with E-state index in [0.29, 0.717) is 0 Å². The summed E-state index contributed by atoms with van der Waals surface area (Å²) in [6, 6.07) is 0. The van der Waals surface area contributed by atoms with Crippen molar-refractivity contribution in [2.75, 3.05) is 6.61 Å². The summed E-state index contributed by atoms with van der Waals surface area (Å²) in [5, 5.41) is 0. The molecule has 0 bridgehead atoms. The van der Waals surface area contributed by atoms with Crippen LogP contribution in [0, 0.1) is 5.92 Å². The van der Waals surface area contributed by atoms with Crippen molar-refractivity contribution in [3.05, 3.63) is 24.3 Å². The number of allylic oxidation sites excluding steroid dienone is 2. The minimum Gasteiger partial charge on any atom is -0.753 e. The minimum absolute atomic E-state index is 0. The van der Waals surface area contributed by atoms with Crippen molar-refractivity contribution in [1.82, 2.24) is 0 Å².